The Labute approximate surface area is 193 Å². The molecule has 0 atom stereocenters. The Morgan fingerprint density at radius 3 is 2.44 bits per heavy atom. The first kappa shape index (κ1) is 22.6. The van der Waals surface area contributed by atoms with Gasteiger partial charge in [0.15, 0.2) is 0 Å². The fourth-order valence-corrected chi connectivity index (χ4v) is 4.48. The van der Waals surface area contributed by atoms with E-state index in [0.717, 1.165) is 57.0 Å². The van der Waals surface area contributed by atoms with E-state index in [-0.39, 0.29) is 11.8 Å². The summed E-state index contributed by atoms with van der Waals surface area (Å²) in [7, 11) is 1.66. The number of carbonyl (C=O) groups excluding carboxylic acids is 2. The first-order valence-corrected chi connectivity index (χ1v) is 11.4. The standard InChI is InChI=1S/C24H29ClN4O3/c1-32-19-8-9-22-18(15-19)5-4-10-29(22)24(31)17-28-13-11-27(12-14-28)16-23(30)26-21-7-3-2-6-20(21)25/h2-3,6-9,15H,4-5,10-14,16-17H2,1H3,(H,26,30). The number of aryl methyl sites for hydroxylation is 1. The fraction of sp³-hybridized carbons (Fsp3) is 0.417. The van der Waals surface area contributed by atoms with Crippen LogP contribution in [0.15, 0.2) is 42.5 Å². The van der Waals surface area contributed by atoms with E-state index in [0.29, 0.717) is 23.8 Å². The summed E-state index contributed by atoms with van der Waals surface area (Å²) >= 11 is 6.11. The summed E-state index contributed by atoms with van der Waals surface area (Å²) < 4.78 is 5.32. The van der Waals surface area contributed by atoms with Crippen LogP contribution in [0.4, 0.5) is 11.4 Å². The quantitative estimate of drug-likeness (QED) is 0.724. The number of rotatable bonds is 6. The highest BCUT2D eigenvalue weighted by Crippen LogP contribution is 2.30. The van der Waals surface area contributed by atoms with Crippen LogP contribution in [0.1, 0.15) is 12.0 Å². The van der Waals surface area contributed by atoms with Crippen molar-refractivity contribution >= 4 is 34.8 Å². The van der Waals surface area contributed by atoms with E-state index in [1.54, 1.807) is 19.2 Å². The summed E-state index contributed by atoms with van der Waals surface area (Å²) in [5.41, 5.74) is 2.79. The molecule has 1 N–H and O–H groups in total. The number of hydrogen-bond acceptors (Lipinski definition) is 5. The smallest absolute Gasteiger partial charge is 0.241 e. The molecule has 2 heterocycles. The SMILES string of the molecule is COc1ccc2c(c1)CCCN2C(=O)CN1CCN(CC(=O)Nc2ccccc2Cl)CC1. The number of anilines is 2. The van der Waals surface area contributed by atoms with Crippen molar-refractivity contribution in [3.8, 4) is 5.75 Å². The van der Waals surface area contributed by atoms with E-state index in [1.807, 2.05) is 35.2 Å². The lowest BCUT2D eigenvalue weighted by Gasteiger charge is -2.36. The maximum Gasteiger partial charge on any atom is 0.241 e. The van der Waals surface area contributed by atoms with E-state index in [2.05, 4.69) is 15.1 Å². The first-order valence-electron chi connectivity index (χ1n) is 11.0. The van der Waals surface area contributed by atoms with Gasteiger partial charge >= 0.3 is 0 Å². The van der Waals surface area contributed by atoms with Gasteiger partial charge in [-0.05, 0) is 48.7 Å². The average Bonchev–Trinajstić information content (AvgIpc) is 2.81. The molecule has 8 heteroatoms. The van der Waals surface area contributed by atoms with Crippen molar-refractivity contribution in [1.29, 1.82) is 0 Å². The first-order chi connectivity index (χ1) is 15.5. The second kappa shape index (κ2) is 10.3. The minimum atomic E-state index is -0.0806. The van der Waals surface area contributed by atoms with Gasteiger partial charge in [-0.2, -0.15) is 0 Å². The number of piperazine rings is 1. The molecule has 2 aromatic carbocycles. The highest BCUT2D eigenvalue weighted by molar-refractivity contribution is 6.33. The number of benzene rings is 2. The van der Waals surface area contributed by atoms with Crippen molar-refractivity contribution in [3.05, 3.63) is 53.1 Å². The van der Waals surface area contributed by atoms with Gasteiger partial charge < -0.3 is 15.0 Å². The van der Waals surface area contributed by atoms with E-state index in [4.69, 9.17) is 16.3 Å². The van der Waals surface area contributed by atoms with Gasteiger partial charge in [0.25, 0.3) is 0 Å². The molecule has 0 radical (unpaired) electrons. The number of para-hydroxylation sites is 1. The van der Waals surface area contributed by atoms with Gasteiger partial charge in [-0.1, -0.05) is 23.7 Å². The number of nitrogens with zero attached hydrogens (tertiary/aromatic N) is 3. The molecule has 2 aliphatic heterocycles. The maximum absolute atomic E-state index is 13.0. The number of amides is 2. The molecule has 170 valence electrons. The molecular weight excluding hydrogens is 428 g/mol. The molecule has 0 spiro atoms. The van der Waals surface area contributed by atoms with Gasteiger partial charge in [0.05, 0.1) is 30.9 Å². The molecule has 32 heavy (non-hydrogen) atoms. The molecule has 0 saturated carbocycles. The second-order valence-electron chi connectivity index (χ2n) is 8.22. The number of methoxy groups -OCH3 is 1. The highest BCUT2D eigenvalue weighted by Gasteiger charge is 2.26. The Morgan fingerprint density at radius 1 is 1.00 bits per heavy atom. The zero-order valence-electron chi connectivity index (χ0n) is 18.3. The fourth-order valence-electron chi connectivity index (χ4n) is 4.30. The highest BCUT2D eigenvalue weighted by atomic mass is 35.5. The molecule has 7 nitrogen and oxygen atoms in total. The monoisotopic (exact) mass is 456 g/mol. The lowest BCUT2D eigenvalue weighted by Crippen LogP contribution is -2.52. The van der Waals surface area contributed by atoms with Crippen molar-refractivity contribution in [3.63, 3.8) is 0 Å². The molecule has 0 aliphatic carbocycles. The average molecular weight is 457 g/mol. The third-order valence-corrected chi connectivity index (χ3v) is 6.37. The van der Waals surface area contributed by atoms with Gasteiger partial charge in [-0.25, -0.2) is 0 Å². The predicted molar refractivity (Wildman–Crippen MR) is 127 cm³/mol. The molecule has 1 fully saturated rings. The van der Waals surface area contributed by atoms with Crippen molar-refractivity contribution < 1.29 is 14.3 Å². The molecule has 2 amide bonds. The largest absolute Gasteiger partial charge is 0.497 e. The van der Waals surface area contributed by atoms with E-state index < -0.39 is 0 Å². The molecule has 2 aromatic rings. The van der Waals surface area contributed by atoms with E-state index in [9.17, 15) is 9.59 Å². The van der Waals surface area contributed by atoms with Crippen molar-refractivity contribution in [1.82, 2.24) is 9.80 Å². The van der Waals surface area contributed by atoms with Crippen molar-refractivity contribution in [2.45, 2.75) is 12.8 Å². The summed E-state index contributed by atoms with van der Waals surface area (Å²) in [6, 6.07) is 13.1. The molecule has 0 aromatic heterocycles. The molecular formula is C24H29ClN4O3. The maximum atomic E-state index is 13.0. The van der Waals surface area contributed by atoms with Crippen LogP contribution in [0.25, 0.3) is 0 Å². The summed E-state index contributed by atoms with van der Waals surface area (Å²) in [6.07, 6.45) is 1.92. The number of nitrogens with one attached hydrogen (secondary N) is 1. The van der Waals surface area contributed by atoms with Crippen LogP contribution in [0, 0.1) is 0 Å². The van der Waals surface area contributed by atoms with Gasteiger partial charge in [-0.15, -0.1) is 0 Å². The zero-order chi connectivity index (χ0) is 22.5. The summed E-state index contributed by atoms with van der Waals surface area (Å²) in [6.45, 7) is 4.47. The van der Waals surface area contributed by atoms with Gasteiger partial charge in [0.2, 0.25) is 11.8 Å². The van der Waals surface area contributed by atoms with Gasteiger partial charge in [0, 0.05) is 38.4 Å². The summed E-state index contributed by atoms with van der Waals surface area (Å²) in [4.78, 5) is 31.6. The summed E-state index contributed by atoms with van der Waals surface area (Å²) in [5.74, 6) is 0.872. The Kier molecular flexibility index (Phi) is 7.29. The zero-order valence-corrected chi connectivity index (χ0v) is 19.1. The lowest BCUT2D eigenvalue weighted by molar-refractivity contribution is -0.121. The second-order valence-corrected chi connectivity index (χ2v) is 8.63. The molecule has 1 saturated heterocycles. The Hall–Kier alpha value is -2.61. The van der Waals surface area contributed by atoms with Crippen LogP contribution in [0.3, 0.4) is 0 Å². The Bertz CT molecular complexity index is 975. The van der Waals surface area contributed by atoms with Crippen LogP contribution < -0.4 is 15.0 Å². The van der Waals surface area contributed by atoms with E-state index >= 15 is 0 Å². The van der Waals surface area contributed by atoms with Crippen LogP contribution >= 0.6 is 11.6 Å². The predicted octanol–water partition coefficient (Wildman–Crippen LogP) is 2.88. The molecule has 2 aliphatic rings. The van der Waals surface area contributed by atoms with Crippen LogP contribution in [-0.4, -0.2) is 74.5 Å². The Balaban J connectivity index is 1.26. The van der Waals surface area contributed by atoms with Crippen LogP contribution in [0.5, 0.6) is 5.75 Å². The van der Waals surface area contributed by atoms with Crippen LogP contribution in [0.2, 0.25) is 5.02 Å². The third-order valence-electron chi connectivity index (χ3n) is 6.05. The normalized spacial score (nSPS) is 17.0. The lowest BCUT2D eigenvalue weighted by atomic mass is 10.0. The number of ether oxygens (including phenoxy) is 1. The summed E-state index contributed by atoms with van der Waals surface area (Å²) in [5, 5.41) is 3.40. The Morgan fingerprint density at radius 2 is 1.72 bits per heavy atom. The van der Waals surface area contributed by atoms with E-state index in [1.165, 1.54) is 5.56 Å². The third kappa shape index (κ3) is 5.41. The number of halogens is 1. The number of hydrogen-bond donors (Lipinski definition) is 1. The molecule has 0 bridgehead atoms. The number of carbonyl (C=O) groups is 2. The van der Waals surface area contributed by atoms with Crippen molar-refractivity contribution in [2.75, 3.05) is 63.1 Å². The molecule has 4 rings (SSSR count). The van der Waals surface area contributed by atoms with Gasteiger partial charge in [0.1, 0.15) is 5.75 Å². The minimum absolute atomic E-state index is 0.0806. The van der Waals surface area contributed by atoms with Crippen LogP contribution in [-0.2, 0) is 16.0 Å². The van der Waals surface area contributed by atoms with Crippen molar-refractivity contribution in [2.24, 2.45) is 0 Å². The van der Waals surface area contributed by atoms with Gasteiger partial charge in [-0.3, -0.25) is 19.4 Å². The molecule has 0 unspecified atom stereocenters. The topological polar surface area (TPSA) is 65.1 Å². The minimum Gasteiger partial charge on any atom is -0.497 e. The number of fused-ring (bicyclic) bond motifs is 1.